The number of nitrogens with zero attached hydrogens (tertiary/aromatic N) is 2. The maximum Gasteiger partial charge on any atom is 0.339 e. The van der Waals surface area contributed by atoms with E-state index < -0.39 is 23.6 Å². The predicted molar refractivity (Wildman–Crippen MR) is 50.3 cm³/mol. The largest absolute Gasteiger partial charge is 0.467 e. The molecule has 84 valence electrons. The molecule has 2 atom stereocenters. The molecule has 0 spiro atoms. The second kappa shape index (κ2) is 4.37. The summed E-state index contributed by atoms with van der Waals surface area (Å²) in [7, 11) is 1.28. The van der Waals surface area contributed by atoms with E-state index in [0.29, 0.717) is 13.0 Å². The van der Waals surface area contributed by atoms with Gasteiger partial charge in [0, 0.05) is 13.3 Å². The molecule has 0 N–H and O–H groups in total. The van der Waals surface area contributed by atoms with Crippen LogP contribution < -0.4 is 0 Å². The Morgan fingerprint density at radius 3 is 2.53 bits per heavy atom. The normalized spacial score (nSPS) is 26.1. The van der Waals surface area contributed by atoms with Crippen molar-refractivity contribution in [1.29, 1.82) is 0 Å². The number of ether oxygens (including phenoxy) is 2. The Kier molecular flexibility index (Phi) is 3.39. The summed E-state index contributed by atoms with van der Waals surface area (Å²) in [4.78, 5) is 22.4. The monoisotopic (exact) mass is 214 g/mol. The molecule has 0 unspecified atom stereocenters. The maximum atomic E-state index is 11.6. The van der Waals surface area contributed by atoms with E-state index in [9.17, 15) is 9.59 Å². The molecule has 1 rings (SSSR count). The van der Waals surface area contributed by atoms with Gasteiger partial charge >= 0.3 is 11.9 Å². The number of hydrogen-bond donors (Lipinski definition) is 0. The van der Waals surface area contributed by atoms with Gasteiger partial charge in [-0.2, -0.15) is 10.2 Å². The molecule has 1 heterocycles. The maximum absolute atomic E-state index is 11.6. The third-order valence-corrected chi connectivity index (χ3v) is 2.40. The Morgan fingerprint density at radius 2 is 2.13 bits per heavy atom. The van der Waals surface area contributed by atoms with Crippen LogP contribution in [0.25, 0.3) is 0 Å². The molecule has 0 aromatic carbocycles. The molecule has 0 saturated carbocycles. The average Bonchev–Trinajstić information content (AvgIpc) is 2.65. The van der Waals surface area contributed by atoms with Gasteiger partial charge < -0.3 is 9.47 Å². The summed E-state index contributed by atoms with van der Waals surface area (Å²) in [6, 6.07) is 0. The molecule has 15 heavy (non-hydrogen) atoms. The lowest BCUT2D eigenvalue weighted by atomic mass is 9.91. The summed E-state index contributed by atoms with van der Waals surface area (Å²) in [6.45, 7) is 3.34. The van der Waals surface area contributed by atoms with Gasteiger partial charge in [0.05, 0.1) is 13.7 Å². The van der Waals surface area contributed by atoms with E-state index in [1.807, 2.05) is 0 Å². The Labute approximate surface area is 87.6 Å². The van der Waals surface area contributed by atoms with Gasteiger partial charge in [-0.25, -0.2) is 4.79 Å². The van der Waals surface area contributed by atoms with Crippen molar-refractivity contribution < 1.29 is 19.1 Å². The summed E-state index contributed by atoms with van der Waals surface area (Å²) < 4.78 is 9.62. The standard InChI is InChI=1S/C9H14N2O4/c1-6(15-7(2)12)9(8(13)14-3)4-5-10-11-9/h6H,4-5H2,1-3H3/t6-,9+/m1/s1. The van der Waals surface area contributed by atoms with Crippen molar-refractivity contribution in [3.63, 3.8) is 0 Å². The number of esters is 2. The van der Waals surface area contributed by atoms with Crippen molar-refractivity contribution >= 4 is 11.9 Å². The summed E-state index contributed by atoms with van der Waals surface area (Å²) in [6.07, 6.45) is -0.248. The Morgan fingerprint density at radius 1 is 1.47 bits per heavy atom. The zero-order valence-corrected chi connectivity index (χ0v) is 9.02. The summed E-state index contributed by atoms with van der Waals surface area (Å²) in [5.74, 6) is -0.967. The van der Waals surface area contributed by atoms with Gasteiger partial charge in [0.25, 0.3) is 0 Å². The number of carbonyl (C=O) groups is 2. The minimum atomic E-state index is -1.15. The van der Waals surface area contributed by atoms with Gasteiger partial charge in [-0.15, -0.1) is 0 Å². The minimum Gasteiger partial charge on any atom is -0.467 e. The quantitative estimate of drug-likeness (QED) is 0.648. The fourth-order valence-corrected chi connectivity index (χ4v) is 1.56. The van der Waals surface area contributed by atoms with Crippen LogP contribution in [0.3, 0.4) is 0 Å². The lowest BCUT2D eigenvalue weighted by Gasteiger charge is -2.27. The molecule has 1 aliphatic heterocycles. The smallest absolute Gasteiger partial charge is 0.339 e. The van der Waals surface area contributed by atoms with Crippen molar-refractivity contribution in [1.82, 2.24) is 0 Å². The van der Waals surface area contributed by atoms with Crippen LogP contribution >= 0.6 is 0 Å². The summed E-state index contributed by atoms with van der Waals surface area (Å²) in [5.41, 5.74) is -1.15. The highest BCUT2D eigenvalue weighted by atomic mass is 16.6. The molecule has 1 aliphatic rings. The van der Waals surface area contributed by atoms with Crippen molar-refractivity contribution in [2.45, 2.75) is 31.9 Å². The van der Waals surface area contributed by atoms with E-state index in [1.165, 1.54) is 14.0 Å². The van der Waals surface area contributed by atoms with E-state index in [1.54, 1.807) is 6.92 Å². The van der Waals surface area contributed by atoms with Gasteiger partial charge in [-0.1, -0.05) is 0 Å². The molecule has 0 aliphatic carbocycles. The molecule has 0 radical (unpaired) electrons. The highest BCUT2D eigenvalue weighted by Crippen LogP contribution is 2.30. The average molecular weight is 214 g/mol. The molecular weight excluding hydrogens is 200 g/mol. The number of methoxy groups -OCH3 is 1. The Bertz CT molecular complexity index is 302. The first-order valence-electron chi connectivity index (χ1n) is 4.67. The van der Waals surface area contributed by atoms with E-state index in [2.05, 4.69) is 15.0 Å². The molecule has 6 nitrogen and oxygen atoms in total. The predicted octanol–water partition coefficient (Wildman–Crippen LogP) is 0.706. The molecule has 0 fully saturated rings. The first kappa shape index (κ1) is 11.6. The fraction of sp³-hybridized carbons (Fsp3) is 0.778. The lowest BCUT2D eigenvalue weighted by molar-refractivity contribution is -0.159. The van der Waals surface area contributed by atoms with Gasteiger partial charge in [0.15, 0.2) is 0 Å². The summed E-state index contributed by atoms with van der Waals surface area (Å²) >= 11 is 0. The van der Waals surface area contributed by atoms with Crippen LogP contribution in [0.2, 0.25) is 0 Å². The van der Waals surface area contributed by atoms with Crippen LogP contribution in [0, 0.1) is 0 Å². The van der Waals surface area contributed by atoms with Crippen LogP contribution in [0.15, 0.2) is 10.2 Å². The lowest BCUT2D eigenvalue weighted by Crippen LogP contribution is -2.47. The number of azo groups is 1. The van der Waals surface area contributed by atoms with Crippen LogP contribution in [0.5, 0.6) is 0 Å². The molecule has 6 heteroatoms. The molecule has 0 aromatic heterocycles. The molecule has 0 aromatic rings. The first-order chi connectivity index (χ1) is 7.03. The van der Waals surface area contributed by atoms with Crippen LogP contribution in [-0.2, 0) is 19.1 Å². The third-order valence-electron chi connectivity index (χ3n) is 2.40. The fourth-order valence-electron chi connectivity index (χ4n) is 1.56. The SMILES string of the molecule is COC(=O)[C@@]1([C@@H](C)OC(C)=O)CCN=N1. The number of rotatable bonds is 3. The van der Waals surface area contributed by atoms with Crippen LogP contribution in [0.1, 0.15) is 20.3 Å². The Hall–Kier alpha value is -1.46. The van der Waals surface area contributed by atoms with Gasteiger partial charge in [0.2, 0.25) is 5.54 Å². The number of hydrogen-bond acceptors (Lipinski definition) is 6. The molecule has 0 bridgehead atoms. The minimum absolute atomic E-state index is 0.411. The number of carbonyl (C=O) groups excluding carboxylic acids is 2. The van der Waals surface area contributed by atoms with Crippen molar-refractivity contribution in [3.05, 3.63) is 0 Å². The topological polar surface area (TPSA) is 77.3 Å². The van der Waals surface area contributed by atoms with Gasteiger partial charge in [-0.05, 0) is 6.92 Å². The molecule has 0 saturated heterocycles. The second-order valence-electron chi connectivity index (χ2n) is 3.38. The summed E-state index contributed by atoms with van der Waals surface area (Å²) in [5, 5.41) is 7.63. The second-order valence-corrected chi connectivity index (χ2v) is 3.38. The van der Waals surface area contributed by atoms with Crippen LogP contribution in [-0.4, -0.2) is 37.2 Å². The zero-order valence-electron chi connectivity index (χ0n) is 9.02. The van der Waals surface area contributed by atoms with Crippen molar-refractivity contribution in [2.24, 2.45) is 10.2 Å². The van der Waals surface area contributed by atoms with E-state index in [0.717, 1.165) is 0 Å². The van der Waals surface area contributed by atoms with Crippen LogP contribution in [0.4, 0.5) is 0 Å². The Balaban J connectivity index is 2.86. The van der Waals surface area contributed by atoms with Gasteiger partial charge in [0.1, 0.15) is 6.10 Å². The highest BCUT2D eigenvalue weighted by molar-refractivity contribution is 5.82. The zero-order chi connectivity index (χ0) is 11.5. The van der Waals surface area contributed by atoms with E-state index in [-0.39, 0.29) is 0 Å². The molecular formula is C9H14N2O4. The van der Waals surface area contributed by atoms with E-state index >= 15 is 0 Å². The van der Waals surface area contributed by atoms with Crippen molar-refractivity contribution in [3.8, 4) is 0 Å². The molecule has 0 amide bonds. The van der Waals surface area contributed by atoms with E-state index in [4.69, 9.17) is 4.74 Å². The first-order valence-corrected chi connectivity index (χ1v) is 4.67. The highest BCUT2D eigenvalue weighted by Gasteiger charge is 2.49. The van der Waals surface area contributed by atoms with Gasteiger partial charge in [-0.3, -0.25) is 4.79 Å². The third kappa shape index (κ3) is 2.14. The van der Waals surface area contributed by atoms with Crippen molar-refractivity contribution in [2.75, 3.05) is 13.7 Å².